The first kappa shape index (κ1) is 14.1. The van der Waals surface area contributed by atoms with Gasteiger partial charge in [0.2, 0.25) is 0 Å². The number of anilines is 1. The minimum Gasteiger partial charge on any atom is -0.480 e. The van der Waals surface area contributed by atoms with Crippen LogP contribution >= 0.6 is 11.6 Å². The molecule has 0 aliphatic rings. The third-order valence-electron chi connectivity index (χ3n) is 2.60. The number of para-hydroxylation sites is 2. The van der Waals surface area contributed by atoms with E-state index in [0.29, 0.717) is 16.5 Å². The van der Waals surface area contributed by atoms with Gasteiger partial charge in [-0.15, -0.1) is 0 Å². The van der Waals surface area contributed by atoms with Crippen LogP contribution in [-0.2, 0) is 6.61 Å². The molecule has 104 valence electrons. The number of nitrogens with one attached hydrogen (secondary N) is 1. The van der Waals surface area contributed by atoms with Crippen LogP contribution in [0.25, 0.3) is 0 Å². The van der Waals surface area contributed by atoms with E-state index in [9.17, 15) is 10.1 Å². The van der Waals surface area contributed by atoms with Crippen LogP contribution < -0.4 is 10.1 Å². The van der Waals surface area contributed by atoms with Crippen molar-refractivity contribution in [2.45, 2.75) is 6.61 Å². The maximum atomic E-state index is 10.9. The molecule has 2 rings (SSSR count). The minimum absolute atomic E-state index is 0.0548. The lowest BCUT2D eigenvalue weighted by Gasteiger charge is -2.09. The van der Waals surface area contributed by atoms with E-state index >= 15 is 0 Å². The molecule has 0 bridgehead atoms. The molecule has 0 saturated carbocycles. The van der Waals surface area contributed by atoms with Gasteiger partial charge in [-0.2, -0.15) is 0 Å². The Balaban J connectivity index is 2.19. The molecule has 1 aromatic carbocycles. The summed E-state index contributed by atoms with van der Waals surface area (Å²) in [5.74, 6) is 0.834. The Morgan fingerprint density at radius 3 is 2.80 bits per heavy atom. The van der Waals surface area contributed by atoms with Crippen LogP contribution in [0, 0.1) is 10.1 Å². The molecule has 0 atom stereocenters. The van der Waals surface area contributed by atoms with Crippen LogP contribution in [0.3, 0.4) is 0 Å². The molecule has 0 saturated heterocycles. The summed E-state index contributed by atoms with van der Waals surface area (Å²) in [6.45, 7) is 0.0548. The molecule has 0 spiro atoms. The lowest BCUT2D eigenvalue weighted by molar-refractivity contribution is -0.385. The first-order valence-corrected chi connectivity index (χ1v) is 6.19. The number of aromatic nitrogens is 1. The van der Waals surface area contributed by atoms with Crippen LogP contribution in [0.15, 0.2) is 36.4 Å². The smallest absolute Gasteiger partial charge is 0.310 e. The molecule has 7 heteroatoms. The molecular formula is C13H12ClN3O3. The Morgan fingerprint density at radius 2 is 2.10 bits per heavy atom. The van der Waals surface area contributed by atoms with E-state index in [1.54, 1.807) is 31.3 Å². The predicted octanol–water partition coefficient (Wildman–Crippen LogP) is 3.26. The summed E-state index contributed by atoms with van der Waals surface area (Å²) >= 11 is 6.02. The van der Waals surface area contributed by atoms with Gasteiger partial charge in [0.1, 0.15) is 12.4 Å². The summed E-state index contributed by atoms with van der Waals surface area (Å²) < 4.78 is 5.45. The van der Waals surface area contributed by atoms with E-state index in [4.69, 9.17) is 16.3 Å². The van der Waals surface area contributed by atoms with Crippen molar-refractivity contribution in [1.82, 2.24) is 4.98 Å². The van der Waals surface area contributed by atoms with Gasteiger partial charge in [0.05, 0.1) is 15.6 Å². The van der Waals surface area contributed by atoms with E-state index in [-0.39, 0.29) is 18.0 Å². The van der Waals surface area contributed by atoms with E-state index in [1.165, 1.54) is 12.1 Å². The van der Waals surface area contributed by atoms with Gasteiger partial charge in [-0.3, -0.25) is 10.1 Å². The highest BCUT2D eigenvalue weighted by Crippen LogP contribution is 2.27. The Bertz CT molecular complexity index is 634. The molecule has 0 unspecified atom stereocenters. The van der Waals surface area contributed by atoms with Crippen LogP contribution in [-0.4, -0.2) is 17.0 Å². The number of hydrogen-bond acceptors (Lipinski definition) is 5. The number of nitro benzene ring substituents is 1. The van der Waals surface area contributed by atoms with E-state index in [2.05, 4.69) is 10.3 Å². The normalized spacial score (nSPS) is 10.1. The number of halogens is 1. The zero-order valence-corrected chi connectivity index (χ0v) is 11.4. The summed E-state index contributed by atoms with van der Waals surface area (Å²) in [7, 11) is 1.74. The summed E-state index contributed by atoms with van der Waals surface area (Å²) in [6.07, 6.45) is 0. The number of benzene rings is 1. The van der Waals surface area contributed by atoms with Gasteiger partial charge in [0, 0.05) is 13.1 Å². The summed E-state index contributed by atoms with van der Waals surface area (Å²) in [5, 5.41) is 14.2. The molecule has 0 aliphatic carbocycles. The van der Waals surface area contributed by atoms with Gasteiger partial charge in [0.25, 0.3) is 0 Å². The number of nitrogens with zero attached hydrogens (tertiary/aromatic N) is 2. The molecule has 20 heavy (non-hydrogen) atoms. The lowest BCUT2D eigenvalue weighted by atomic mass is 10.3. The summed E-state index contributed by atoms with van der Waals surface area (Å²) in [4.78, 5) is 14.6. The number of pyridine rings is 1. The summed E-state index contributed by atoms with van der Waals surface area (Å²) in [6, 6.07) is 9.59. The quantitative estimate of drug-likeness (QED) is 0.676. The fourth-order valence-electron chi connectivity index (χ4n) is 1.60. The van der Waals surface area contributed by atoms with Gasteiger partial charge in [0.15, 0.2) is 5.75 Å². The molecule has 0 fully saturated rings. The van der Waals surface area contributed by atoms with Gasteiger partial charge in [-0.05, 0) is 18.2 Å². The second-order valence-corrected chi connectivity index (χ2v) is 4.30. The molecule has 0 radical (unpaired) electrons. The number of rotatable bonds is 5. The third kappa shape index (κ3) is 3.16. The Morgan fingerprint density at radius 1 is 1.35 bits per heavy atom. The van der Waals surface area contributed by atoms with Crippen molar-refractivity contribution in [3.05, 3.63) is 57.2 Å². The van der Waals surface area contributed by atoms with Crippen LogP contribution in [0.4, 0.5) is 11.5 Å². The van der Waals surface area contributed by atoms with Crippen molar-refractivity contribution >= 4 is 23.1 Å². The first-order chi connectivity index (χ1) is 9.61. The van der Waals surface area contributed by atoms with E-state index in [0.717, 1.165) is 0 Å². The molecule has 1 heterocycles. The summed E-state index contributed by atoms with van der Waals surface area (Å²) in [5.41, 5.74) is 0.421. The van der Waals surface area contributed by atoms with Gasteiger partial charge < -0.3 is 10.1 Å². The molecule has 0 aliphatic heterocycles. The van der Waals surface area contributed by atoms with Crippen molar-refractivity contribution in [3.8, 4) is 5.75 Å². The van der Waals surface area contributed by atoms with Gasteiger partial charge >= 0.3 is 5.69 Å². The van der Waals surface area contributed by atoms with E-state index < -0.39 is 4.92 Å². The standard InChI is InChI=1S/C13H12ClN3O3/c1-15-13-7-6-9(14)10(16-13)8-20-12-5-3-2-4-11(12)17(18)19/h2-7H,8H2,1H3,(H,15,16). The SMILES string of the molecule is CNc1ccc(Cl)c(COc2ccccc2[N+](=O)[O-])n1. The van der Waals surface area contributed by atoms with Crippen molar-refractivity contribution in [1.29, 1.82) is 0 Å². The highest BCUT2D eigenvalue weighted by Gasteiger charge is 2.14. The largest absolute Gasteiger partial charge is 0.480 e. The van der Waals surface area contributed by atoms with Gasteiger partial charge in [-0.25, -0.2) is 4.98 Å². The number of nitro groups is 1. The fourth-order valence-corrected chi connectivity index (χ4v) is 1.76. The second-order valence-electron chi connectivity index (χ2n) is 3.89. The predicted molar refractivity (Wildman–Crippen MR) is 76.2 cm³/mol. The molecular weight excluding hydrogens is 282 g/mol. The van der Waals surface area contributed by atoms with Crippen molar-refractivity contribution < 1.29 is 9.66 Å². The van der Waals surface area contributed by atoms with Crippen molar-refractivity contribution in [2.75, 3.05) is 12.4 Å². The Hall–Kier alpha value is -2.34. The molecule has 1 N–H and O–H groups in total. The van der Waals surface area contributed by atoms with Crippen LogP contribution in [0.1, 0.15) is 5.69 Å². The molecule has 0 amide bonds. The van der Waals surface area contributed by atoms with Crippen LogP contribution in [0.5, 0.6) is 5.75 Å². The minimum atomic E-state index is -0.492. The van der Waals surface area contributed by atoms with Crippen LogP contribution in [0.2, 0.25) is 5.02 Å². The maximum Gasteiger partial charge on any atom is 0.310 e. The highest BCUT2D eigenvalue weighted by molar-refractivity contribution is 6.31. The molecule has 6 nitrogen and oxygen atoms in total. The second kappa shape index (κ2) is 6.21. The third-order valence-corrected chi connectivity index (χ3v) is 2.95. The van der Waals surface area contributed by atoms with Crippen molar-refractivity contribution in [3.63, 3.8) is 0 Å². The Kier molecular flexibility index (Phi) is 4.37. The lowest BCUT2D eigenvalue weighted by Crippen LogP contribution is -2.03. The average molecular weight is 294 g/mol. The molecule has 1 aromatic heterocycles. The van der Waals surface area contributed by atoms with Crippen molar-refractivity contribution in [2.24, 2.45) is 0 Å². The first-order valence-electron chi connectivity index (χ1n) is 5.81. The Labute approximate surface area is 120 Å². The average Bonchev–Trinajstić information content (AvgIpc) is 2.46. The number of hydrogen-bond donors (Lipinski definition) is 1. The number of ether oxygens (including phenoxy) is 1. The monoisotopic (exact) mass is 293 g/mol. The van der Waals surface area contributed by atoms with E-state index in [1.807, 2.05) is 0 Å². The van der Waals surface area contributed by atoms with Gasteiger partial charge in [-0.1, -0.05) is 23.7 Å². The zero-order valence-electron chi connectivity index (χ0n) is 10.7. The zero-order chi connectivity index (χ0) is 14.5. The molecule has 2 aromatic rings. The topological polar surface area (TPSA) is 77.3 Å². The fraction of sp³-hybridized carbons (Fsp3) is 0.154. The maximum absolute atomic E-state index is 10.9. The highest BCUT2D eigenvalue weighted by atomic mass is 35.5.